The molecular weight excluding hydrogens is 480 g/mol. The summed E-state index contributed by atoms with van der Waals surface area (Å²) in [7, 11) is -3.83. The maximum absolute atomic E-state index is 13.3. The third kappa shape index (κ3) is 4.83. The van der Waals surface area contributed by atoms with Crippen molar-refractivity contribution in [1.29, 1.82) is 0 Å². The van der Waals surface area contributed by atoms with Crippen LogP contribution in [0.5, 0.6) is 0 Å². The van der Waals surface area contributed by atoms with Crippen LogP contribution in [0.25, 0.3) is 5.82 Å². The topological polar surface area (TPSA) is 94.0 Å². The molecule has 3 rings (SSSR count). The maximum atomic E-state index is 13.3. The molecule has 0 aliphatic carbocycles. The largest absolute Gasteiger partial charge is 0.435 e. The molecule has 2 aromatic heterocycles. The van der Waals surface area contributed by atoms with Gasteiger partial charge in [-0.1, -0.05) is 23.2 Å². The van der Waals surface area contributed by atoms with Crippen LogP contribution in [-0.4, -0.2) is 35.3 Å². The van der Waals surface area contributed by atoms with Gasteiger partial charge in [0.15, 0.2) is 21.3 Å². The lowest BCUT2D eigenvalue weighted by Gasteiger charge is -2.14. The predicted octanol–water partition coefficient (Wildman–Crippen LogP) is 4.56. The van der Waals surface area contributed by atoms with Gasteiger partial charge in [0, 0.05) is 23.5 Å². The third-order valence-electron chi connectivity index (χ3n) is 4.07. The number of aromatic nitrogens is 3. The van der Waals surface area contributed by atoms with Crippen LogP contribution in [0.3, 0.4) is 0 Å². The molecule has 3 aromatic rings. The molecule has 7 nitrogen and oxygen atoms in total. The van der Waals surface area contributed by atoms with Gasteiger partial charge < -0.3 is 5.32 Å². The van der Waals surface area contributed by atoms with Crippen LogP contribution in [0.1, 0.15) is 21.7 Å². The van der Waals surface area contributed by atoms with E-state index in [9.17, 15) is 26.4 Å². The molecule has 0 aliphatic rings. The van der Waals surface area contributed by atoms with Crippen LogP contribution >= 0.6 is 23.2 Å². The lowest BCUT2D eigenvalue weighted by atomic mass is 10.2. The number of carbonyl (C=O) groups is 1. The van der Waals surface area contributed by atoms with Gasteiger partial charge in [0.2, 0.25) is 0 Å². The highest BCUT2D eigenvalue weighted by molar-refractivity contribution is 7.90. The average molecular weight is 493 g/mol. The van der Waals surface area contributed by atoms with Gasteiger partial charge in [0.25, 0.3) is 5.91 Å². The highest BCUT2D eigenvalue weighted by atomic mass is 35.5. The molecule has 2 heterocycles. The molecule has 0 spiro atoms. The van der Waals surface area contributed by atoms with E-state index in [1.165, 1.54) is 31.3 Å². The van der Waals surface area contributed by atoms with Gasteiger partial charge in [-0.25, -0.2) is 18.1 Å². The summed E-state index contributed by atoms with van der Waals surface area (Å²) in [4.78, 5) is 16.5. The van der Waals surface area contributed by atoms with E-state index in [1.54, 1.807) is 0 Å². The number of rotatable bonds is 4. The minimum atomic E-state index is -4.85. The van der Waals surface area contributed by atoms with Gasteiger partial charge in [-0.3, -0.25) is 4.79 Å². The van der Waals surface area contributed by atoms with Crippen LogP contribution in [0.15, 0.2) is 41.4 Å². The number of nitrogens with one attached hydrogen (secondary N) is 1. The molecule has 0 fully saturated rings. The molecule has 164 valence electrons. The van der Waals surface area contributed by atoms with Crippen LogP contribution in [0.4, 0.5) is 18.9 Å². The van der Waals surface area contributed by atoms with E-state index in [0.29, 0.717) is 16.3 Å². The Morgan fingerprint density at radius 3 is 2.45 bits per heavy atom. The van der Waals surface area contributed by atoms with E-state index in [0.717, 1.165) is 12.3 Å². The number of benzene rings is 1. The Labute approximate surface area is 184 Å². The Balaban J connectivity index is 2.16. The Morgan fingerprint density at radius 1 is 1.19 bits per heavy atom. The van der Waals surface area contributed by atoms with Gasteiger partial charge in [-0.2, -0.15) is 18.3 Å². The van der Waals surface area contributed by atoms with Crippen LogP contribution in [-0.2, 0) is 16.0 Å². The number of pyridine rings is 1. The molecule has 1 aromatic carbocycles. The molecule has 0 aliphatic heterocycles. The van der Waals surface area contributed by atoms with E-state index in [4.69, 9.17) is 23.2 Å². The van der Waals surface area contributed by atoms with Crippen molar-refractivity contribution in [1.82, 2.24) is 14.8 Å². The highest BCUT2D eigenvalue weighted by Gasteiger charge is 2.37. The quantitative estimate of drug-likeness (QED) is 0.576. The summed E-state index contributed by atoms with van der Waals surface area (Å²) < 4.78 is 64.7. The Kier molecular flexibility index (Phi) is 6.05. The Hall–Kier alpha value is -2.63. The molecule has 0 unspecified atom stereocenters. The standard InChI is InChI=1S/C18H13Cl2F3N4O3S/c1-9-6-10(19)7-13(31(2,29)30)15(9)25-17(28)12-8-14(18(21,22)23)26-27(12)16-11(20)4-3-5-24-16/h3-8H,1-2H3,(H,25,28). The molecule has 0 saturated heterocycles. The zero-order chi connectivity index (χ0) is 23.1. The summed E-state index contributed by atoms with van der Waals surface area (Å²) in [6, 6.07) is 5.88. The van der Waals surface area contributed by atoms with Crippen LogP contribution in [0, 0.1) is 6.92 Å². The third-order valence-corrected chi connectivity index (χ3v) is 5.71. The van der Waals surface area contributed by atoms with Gasteiger partial charge in [0.1, 0.15) is 5.69 Å². The number of hydrogen-bond acceptors (Lipinski definition) is 5. The van der Waals surface area contributed by atoms with E-state index < -0.39 is 33.3 Å². The Morgan fingerprint density at radius 2 is 1.87 bits per heavy atom. The van der Waals surface area contributed by atoms with Gasteiger partial charge in [-0.05, 0) is 36.8 Å². The van der Waals surface area contributed by atoms with Crippen molar-refractivity contribution in [3.05, 3.63) is 63.5 Å². The number of hydrogen-bond donors (Lipinski definition) is 1. The predicted molar refractivity (Wildman–Crippen MR) is 109 cm³/mol. The Bertz CT molecular complexity index is 1290. The number of anilines is 1. The van der Waals surface area contributed by atoms with E-state index in [1.807, 2.05) is 0 Å². The first kappa shape index (κ1) is 23.0. The van der Waals surface area contributed by atoms with Crippen molar-refractivity contribution < 1.29 is 26.4 Å². The lowest BCUT2D eigenvalue weighted by molar-refractivity contribution is -0.141. The van der Waals surface area contributed by atoms with Crippen molar-refractivity contribution in [2.24, 2.45) is 0 Å². The second-order valence-electron chi connectivity index (χ2n) is 6.46. The number of sulfone groups is 1. The minimum absolute atomic E-state index is 0.0483. The van der Waals surface area contributed by atoms with Crippen LogP contribution in [0.2, 0.25) is 10.0 Å². The number of halogens is 5. The molecule has 0 atom stereocenters. The molecule has 0 bridgehead atoms. The summed E-state index contributed by atoms with van der Waals surface area (Å²) in [6.45, 7) is 1.49. The van der Waals surface area contributed by atoms with E-state index in [-0.39, 0.29) is 26.4 Å². The SMILES string of the molecule is Cc1cc(Cl)cc(S(C)(=O)=O)c1NC(=O)c1cc(C(F)(F)F)nn1-c1ncccc1Cl. The summed E-state index contributed by atoms with van der Waals surface area (Å²) in [5.41, 5.74) is -1.73. The number of carbonyl (C=O) groups excluding carboxylic acids is 1. The first-order chi connectivity index (χ1) is 14.3. The smallest absolute Gasteiger partial charge is 0.319 e. The average Bonchev–Trinajstić information content (AvgIpc) is 3.09. The number of aryl methyl sites for hydroxylation is 1. The minimum Gasteiger partial charge on any atom is -0.319 e. The molecule has 0 radical (unpaired) electrons. The van der Waals surface area contributed by atoms with E-state index in [2.05, 4.69) is 15.4 Å². The monoisotopic (exact) mass is 492 g/mol. The van der Waals surface area contributed by atoms with Crippen molar-refractivity contribution >= 4 is 44.6 Å². The molecule has 13 heteroatoms. The summed E-state index contributed by atoms with van der Waals surface area (Å²) in [6.07, 6.45) is -2.67. The fraction of sp³-hybridized carbons (Fsp3) is 0.167. The second kappa shape index (κ2) is 8.13. The number of amides is 1. The molecule has 0 saturated carbocycles. The van der Waals surface area contributed by atoms with E-state index >= 15 is 0 Å². The van der Waals surface area contributed by atoms with Crippen molar-refractivity contribution in [2.45, 2.75) is 18.0 Å². The number of alkyl halides is 3. The van der Waals surface area contributed by atoms with Crippen molar-refractivity contribution in [2.75, 3.05) is 11.6 Å². The van der Waals surface area contributed by atoms with Crippen LogP contribution < -0.4 is 5.32 Å². The van der Waals surface area contributed by atoms with Crippen molar-refractivity contribution in [3.8, 4) is 5.82 Å². The van der Waals surface area contributed by atoms with Gasteiger partial charge in [-0.15, -0.1) is 0 Å². The molecular formula is C18H13Cl2F3N4O3S. The van der Waals surface area contributed by atoms with Crippen molar-refractivity contribution in [3.63, 3.8) is 0 Å². The first-order valence-electron chi connectivity index (χ1n) is 8.38. The zero-order valence-electron chi connectivity index (χ0n) is 15.8. The van der Waals surface area contributed by atoms with Gasteiger partial charge in [0.05, 0.1) is 15.6 Å². The second-order valence-corrected chi connectivity index (χ2v) is 9.28. The highest BCUT2D eigenvalue weighted by Crippen LogP contribution is 2.32. The summed E-state index contributed by atoms with van der Waals surface area (Å²) in [5, 5.41) is 5.84. The lowest BCUT2D eigenvalue weighted by Crippen LogP contribution is -2.20. The normalized spacial score (nSPS) is 12.1. The van der Waals surface area contributed by atoms with Gasteiger partial charge >= 0.3 is 6.18 Å². The summed E-state index contributed by atoms with van der Waals surface area (Å²) >= 11 is 11.9. The first-order valence-corrected chi connectivity index (χ1v) is 11.0. The number of nitrogens with zero attached hydrogens (tertiary/aromatic N) is 3. The molecule has 31 heavy (non-hydrogen) atoms. The molecule has 1 N–H and O–H groups in total. The fourth-order valence-corrected chi connectivity index (χ4v) is 4.18. The zero-order valence-corrected chi connectivity index (χ0v) is 18.2. The fourth-order valence-electron chi connectivity index (χ4n) is 2.72. The maximum Gasteiger partial charge on any atom is 0.435 e. The summed E-state index contributed by atoms with van der Waals surface area (Å²) in [5.74, 6) is -1.26. The molecule has 1 amide bonds.